The lowest BCUT2D eigenvalue weighted by Crippen LogP contribution is -2.01. The number of halogens is 2. The zero-order chi connectivity index (χ0) is 14.5. The fourth-order valence-corrected chi connectivity index (χ4v) is 2.94. The Morgan fingerprint density at radius 1 is 1.25 bits per heavy atom. The van der Waals surface area contributed by atoms with E-state index in [0.29, 0.717) is 5.02 Å². The first-order chi connectivity index (χ1) is 9.67. The summed E-state index contributed by atoms with van der Waals surface area (Å²) in [5.41, 5.74) is 2.06. The summed E-state index contributed by atoms with van der Waals surface area (Å²) in [5.74, 6) is 1.46. The van der Waals surface area contributed by atoms with Gasteiger partial charge in [0.15, 0.2) is 11.5 Å². The van der Waals surface area contributed by atoms with Crippen molar-refractivity contribution >= 4 is 27.5 Å². The van der Waals surface area contributed by atoms with E-state index in [1.54, 1.807) is 26.6 Å². The average molecular weight is 357 g/mol. The van der Waals surface area contributed by atoms with Gasteiger partial charge >= 0.3 is 0 Å². The van der Waals surface area contributed by atoms with Gasteiger partial charge in [0.05, 0.1) is 19.2 Å². The first-order valence-electron chi connectivity index (χ1n) is 6.10. The lowest BCUT2D eigenvalue weighted by Gasteiger charge is -2.17. The molecule has 0 aliphatic carbocycles. The molecule has 0 fully saturated rings. The van der Waals surface area contributed by atoms with Crippen molar-refractivity contribution in [3.8, 4) is 11.5 Å². The van der Waals surface area contributed by atoms with Crippen molar-refractivity contribution in [1.82, 2.24) is 4.98 Å². The van der Waals surface area contributed by atoms with E-state index in [4.69, 9.17) is 21.1 Å². The van der Waals surface area contributed by atoms with E-state index in [2.05, 4.69) is 20.9 Å². The molecule has 0 saturated carbocycles. The lowest BCUT2D eigenvalue weighted by molar-refractivity contribution is 0.351. The average Bonchev–Trinajstić information content (AvgIpc) is 2.48. The molecule has 0 aliphatic rings. The molecule has 0 radical (unpaired) electrons. The van der Waals surface area contributed by atoms with Crippen molar-refractivity contribution < 1.29 is 9.47 Å². The highest BCUT2D eigenvalue weighted by Gasteiger charge is 2.18. The van der Waals surface area contributed by atoms with Crippen LogP contribution in [0.2, 0.25) is 5.02 Å². The second-order valence-electron chi connectivity index (χ2n) is 4.22. The number of methoxy groups -OCH3 is 2. The molecule has 106 valence electrons. The Morgan fingerprint density at radius 2 is 2.05 bits per heavy atom. The van der Waals surface area contributed by atoms with Gasteiger partial charge in [0.25, 0.3) is 0 Å². The third kappa shape index (κ3) is 3.25. The summed E-state index contributed by atoms with van der Waals surface area (Å²) in [6, 6.07) is 7.75. The van der Waals surface area contributed by atoms with Gasteiger partial charge in [0, 0.05) is 22.8 Å². The lowest BCUT2D eigenvalue weighted by atomic mass is 10.0. The summed E-state index contributed by atoms with van der Waals surface area (Å²) in [7, 11) is 3.27. The van der Waals surface area contributed by atoms with Gasteiger partial charge in [-0.25, -0.2) is 0 Å². The Morgan fingerprint density at radius 3 is 2.70 bits per heavy atom. The van der Waals surface area contributed by atoms with Crippen LogP contribution in [-0.4, -0.2) is 19.2 Å². The highest BCUT2D eigenvalue weighted by Crippen LogP contribution is 2.40. The maximum atomic E-state index is 6.15. The fraction of sp³-hybridized carbons (Fsp3) is 0.267. The molecule has 1 heterocycles. The van der Waals surface area contributed by atoms with Crippen LogP contribution in [0, 0.1) is 0 Å². The molecule has 2 rings (SSSR count). The number of pyridine rings is 1. The van der Waals surface area contributed by atoms with Gasteiger partial charge in [-0.05, 0) is 24.1 Å². The standard InChI is InChI=1S/C15H15BrClNO2/c1-19-14-5-3-4-11(15(14)20-2)12(16)8-10-6-7-18-9-13(10)17/h3-7,9,12H,8H2,1-2H3. The summed E-state index contributed by atoms with van der Waals surface area (Å²) < 4.78 is 10.8. The van der Waals surface area contributed by atoms with Gasteiger partial charge in [-0.2, -0.15) is 0 Å². The van der Waals surface area contributed by atoms with Crippen molar-refractivity contribution in [1.29, 1.82) is 0 Å². The summed E-state index contributed by atoms with van der Waals surface area (Å²) in [4.78, 5) is 4.07. The van der Waals surface area contributed by atoms with Crippen LogP contribution in [0.4, 0.5) is 0 Å². The number of benzene rings is 1. The minimum absolute atomic E-state index is 0.0763. The molecule has 5 heteroatoms. The van der Waals surface area contributed by atoms with E-state index in [0.717, 1.165) is 29.0 Å². The summed E-state index contributed by atoms with van der Waals surface area (Å²) in [6.07, 6.45) is 4.13. The van der Waals surface area contributed by atoms with Crippen LogP contribution in [0.5, 0.6) is 11.5 Å². The minimum Gasteiger partial charge on any atom is -0.493 e. The van der Waals surface area contributed by atoms with Crippen molar-refractivity contribution in [2.45, 2.75) is 11.2 Å². The van der Waals surface area contributed by atoms with E-state index in [9.17, 15) is 0 Å². The molecular weight excluding hydrogens is 342 g/mol. The largest absolute Gasteiger partial charge is 0.493 e. The van der Waals surface area contributed by atoms with E-state index in [-0.39, 0.29) is 4.83 Å². The van der Waals surface area contributed by atoms with E-state index >= 15 is 0 Å². The second-order valence-corrected chi connectivity index (χ2v) is 5.73. The predicted molar refractivity (Wildman–Crippen MR) is 84.2 cm³/mol. The Balaban J connectivity index is 2.30. The Bertz CT molecular complexity index is 592. The third-order valence-electron chi connectivity index (χ3n) is 3.03. The zero-order valence-electron chi connectivity index (χ0n) is 11.3. The molecule has 2 aromatic rings. The minimum atomic E-state index is 0.0763. The molecule has 0 bridgehead atoms. The Hall–Kier alpha value is -1.26. The molecule has 0 saturated heterocycles. The molecule has 1 aromatic heterocycles. The van der Waals surface area contributed by atoms with Gasteiger partial charge in [-0.1, -0.05) is 39.7 Å². The molecule has 0 N–H and O–H groups in total. The fourth-order valence-electron chi connectivity index (χ4n) is 2.03. The van der Waals surface area contributed by atoms with Crippen LogP contribution in [0.15, 0.2) is 36.7 Å². The highest BCUT2D eigenvalue weighted by molar-refractivity contribution is 9.09. The number of rotatable bonds is 5. The topological polar surface area (TPSA) is 31.4 Å². The highest BCUT2D eigenvalue weighted by atomic mass is 79.9. The van der Waals surface area contributed by atoms with Crippen molar-refractivity contribution in [2.24, 2.45) is 0 Å². The van der Waals surface area contributed by atoms with Gasteiger partial charge in [-0.3, -0.25) is 4.98 Å². The van der Waals surface area contributed by atoms with E-state index < -0.39 is 0 Å². The Kier molecular flexibility index (Phi) is 5.26. The summed E-state index contributed by atoms with van der Waals surface area (Å²) >= 11 is 9.85. The van der Waals surface area contributed by atoms with E-state index in [1.807, 2.05) is 24.3 Å². The monoisotopic (exact) mass is 355 g/mol. The number of ether oxygens (including phenoxy) is 2. The molecule has 0 aliphatic heterocycles. The molecule has 1 unspecified atom stereocenters. The molecule has 0 spiro atoms. The van der Waals surface area contributed by atoms with E-state index in [1.165, 1.54) is 0 Å². The van der Waals surface area contributed by atoms with Gasteiger partial charge in [0.1, 0.15) is 0 Å². The first kappa shape index (κ1) is 15.1. The first-order valence-corrected chi connectivity index (χ1v) is 7.40. The third-order valence-corrected chi connectivity index (χ3v) is 4.18. The second kappa shape index (κ2) is 6.95. The van der Waals surface area contributed by atoms with Crippen molar-refractivity contribution in [3.05, 3.63) is 52.8 Å². The van der Waals surface area contributed by atoms with Crippen LogP contribution in [0.25, 0.3) is 0 Å². The van der Waals surface area contributed by atoms with Gasteiger partial charge in [-0.15, -0.1) is 0 Å². The SMILES string of the molecule is COc1cccc(C(Br)Cc2ccncc2Cl)c1OC. The normalized spacial score (nSPS) is 12.0. The van der Waals surface area contributed by atoms with Crippen molar-refractivity contribution in [3.63, 3.8) is 0 Å². The van der Waals surface area contributed by atoms with Crippen LogP contribution in [0.3, 0.4) is 0 Å². The summed E-state index contributed by atoms with van der Waals surface area (Å²) in [5, 5.41) is 0.666. The van der Waals surface area contributed by atoms with Crippen LogP contribution in [-0.2, 0) is 6.42 Å². The smallest absolute Gasteiger partial charge is 0.165 e. The Labute approximate surface area is 132 Å². The van der Waals surface area contributed by atoms with Crippen LogP contribution in [0.1, 0.15) is 16.0 Å². The maximum absolute atomic E-state index is 6.15. The van der Waals surface area contributed by atoms with Crippen LogP contribution >= 0.6 is 27.5 Å². The zero-order valence-corrected chi connectivity index (χ0v) is 13.6. The van der Waals surface area contributed by atoms with Gasteiger partial charge < -0.3 is 9.47 Å². The maximum Gasteiger partial charge on any atom is 0.165 e. The molecule has 20 heavy (non-hydrogen) atoms. The molecule has 3 nitrogen and oxygen atoms in total. The summed E-state index contributed by atoms with van der Waals surface area (Å²) in [6.45, 7) is 0. The predicted octanol–water partition coefficient (Wildman–Crippen LogP) is 4.43. The number of hydrogen-bond acceptors (Lipinski definition) is 3. The number of aromatic nitrogens is 1. The number of alkyl halides is 1. The van der Waals surface area contributed by atoms with Gasteiger partial charge in [0.2, 0.25) is 0 Å². The molecule has 0 amide bonds. The number of hydrogen-bond donors (Lipinski definition) is 0. The quantitative estimate of drug-likeness (QED) is 0.743. The molecular formula is C15H15BrClNO2. The number of nitrogens with zero attached hydrogens (tertiary/aromatic N) is 1. The molecule has 1 aromatic carbocycles. The van der Waals surface area contributed by atoms with Crippen molar-refractivity contribution in [2.75, 3.05) is 14.2 Å². The number of para-hydroxylation sites is 1. The molecule has 1 atom stereocenters. The van der Waals surface area contributed by atoms with Crippen LogP contribution < -0.4 is 9.47 Å².